The molecule has 0 amide bonds. The van der Waals surface area contributed by atoms with E-state index in [0.717, 1.165) is 11.1 Å². The topological polar surface area (TPSA) is 82.6 Å². The van der Waals surface area contributed by atoms with E-state index in [1.165, 1.54) is 13.1 Å². The van der Waals surface area contributed by atoms with Gasteiger partial charge in [0, 0.05) is 20.1 Å². The maximum Gasteiger partial charge on any atom is 0.215 e. The molecule has 27 heavy (non-hydrogen) atoms. The van der Waals surface area contributed by atoms with Crippen LogP contribution in [0.25, 0.3) is 0 Å². The molecule has 0 spiro atoms. The van der Waals surface area contributed by atoms with E-state index in [1.807, 2.05) is 18.2 Å². The molecule has 0 atom stereocenters. The first-order valence-electron chi connectivity index (χ1n) is 8.51. The Bertz CT molecular complexity index is 914. The van der Waals surface area contributed by atoms with Crippen molar-refractivity contribution in [3.8, 4) is 0 Å². The summed E-state index contributed by atoms with van der Waals surface area (Å²) >= 11 is 0. The number of aliphatic imine (C=N–C) groups is 1. The zero-order chi connectivity index (χ0) is 19.9. The molecule has 0 aliphatic rings. The van der Waals surface area contributed by atoms with Gasteiger partial charge in [-0.05, 0) is 42.3 Å². The van der Waals surface area contributed by atoms with Gasteiger partial charge in [-0.15, -0.1) is 0 Å². The SMILES string of the molecule is CN=C(NCc1cccc(CS(=O)(=O)NC)c1)NCc1ccc(F)c(C)c1. The third-order valence-corrected chi connectivity index (χ3v) is 5.36. The summed E-state index contributed by atoms with van der Waals surface area (Å²) in [5.74, 6) is 0.320. The van der Waals surface area contributed by atoms with Crippen molar-refractivity contribution in [1.29, 1.82) is 0 Å². The Kier molecular flexibility index (Phi) is 7.32. The number of hydrogen-bond acceptors (Lipinski definition) is 3. The predicted molar refractivity (Wildman–Crippen MR) is 106 cm³/mol. The van der Waals surface area contributed by atoms with Gasteiger partial charge in [-0.2, -0.15) is 0 Å². The Balaban J connectivity index is 1.93. The van der Waals surface area contributed by atoms with E-state index in [2.05, 4.69) is 20.3 Å². The molecule has 0 aliphatic heterocycles. The monoisotopic (exact) mass is 392 g/mol. The molecule has 146 valence electrons. The average molecular weight is 393 g/mol. The Labute approximate surface area is 160 Å². The second kappa shape index (κ2) is 9.48. The summed E-state index contributed by atoms with van der Waals surface area (Å²) in [6, 6.07) is 12.3. The molecule has 0 fully saturated rings. The normalized spacial score (nSPS) is 12.1. The molecule has 2 aromatic carbocycles. The largest absolute Gasteiger partial charge is 0.352 e. The van der Waals surface area contributed by atoms with E-state index < -0.39 is 10.0 Å². The van der Waals surface area contributed by atoms with Gasteiger partial charge in [0.15, 0.2) is 5.96 Å². The zero-order valence-electron chi connectivity index (χ0n) is 15.7. The van der Waals surface area contributed by atoms with Crippen LogP contribution in [0.5, 0.6) is 0 Å². The lowest BCUT2D eigenvalue weighted by Gasteiger charge is -2.13. The molecule has 0 saturated heterocycles. The highest BCUT2D eigenvalue weighted by atomic mass is 32.2. The van der Waals surface area contributed by atoms with Gasteiger partial charge in [0.1, 0.15) is 5.82 Å². The van der Waals surface area contributed by atoms with Gasteiger partial charge < -0.3 is 10.6 Å². The molecule has 0 radical (unpaired) electrons. The Morgan fingerprint density at radius 3 is 2.26 bits per heavy atom. The Hall–Kier alpha value is -2.45. The summed E-state index contributed by atoms with van der Waals surface area (Å²) in [4.78, 5) is 4.17. The lowest BCUT2D eigenvalue weighted by Crippen LogP contribution is -2.36. The standard InChI is InChI=1S/C19H25FN4O2S/c1-14-9-16(7-8-18(14)20)12-24-19(21-2)23-11-15-5-4-6-17(10-15)13-27(25,26)22-3/h4-10,22H,11-13H2,1-3H3,(H2,21,23,24). The van der Waals surface area contributed by atoms with Gasteiger partial charge in [-0.3, -0.25) is 4.99 Å². The molecule has 0 aliphatic carbocycles. The van der Waals surface area contributed by atoms with Crippen molar-refractivity contribution in [2.75, 3.05) is 14.1 Å². The quantitative estimate of drug-likeness (QED) is 0.498. The summed E-state index contributed by atoms with van der Waals surface area (Å²) in [6.07, 6.45) is 0. The number of halogens is 1. The summed E-state index contributed by atoms with van der Waals surface area (Å²) in [7, 11) is -0.235. The van der Waals surface area contributed by atoms with Crippen LogP contribution in [0.1, 0.15) is 22.3 Å². The van der Waals surface area contributed by atoms with E-state index in [1.54, 1.807) is 32.2 Å². The minimum Gasteiger partial charge on any atom is -0.352 e. The lowest BCUT2D eigenvalue weighted by molar-refractivity contribution is 0.587. The number of aryl methyl sites for hydroxylation is 1. The molecule has 0 saturated carbocycles. The highest BCUT2D eigenvalue weighted by Crippen LogP contribution is 2.10. The van der Waals surface area contributed by atoms with Gasteiger partial charge in [-0.1, -0.05) is 36.4 Å². The van der Waals surface area contributed by atoms with Crippen molar-refractivity contribution in [1.82, 2.24) is 15.4 Å². The molecule has 2 aromatic rings. The molecule has 2 rings (SSSR count). The van der Waals surface area contributed by atoms with Crippen molar-refractivity contribution < 1.29 is 12.8 Å². The van der Waals surface area contributed by atoms with Crippen LogP contribution in [-0.4, -0.2) is 28.5 Å². The van der Waals surface area contributed by atoms with E-state index in [0.29, 0.717) is 30.2 Å². The minimum absolute atomic E-state index is 0.0613. The third-order valence-electron chi connectivity index (χ3n) is 4.02. The van der Waals surface area contributed by atoms with E-state index in [-0.39, 0.29) is 11.6 Å². The zero-order valence-corrected chi connectivity index (χ0v) is 16.5. The minimum atomic E-state index is -3.30. The van der Waals surface area contributed by atoms with Crippen LogP contribution in [0.3, 0.4) is 0 Å². The van der Waals surface area contributed by atoms with Gasteiger partial charge in [-0.25, -0.2) is 17.5 Å². The second-order valence-electron chi connectivity index (χ2n) is 6.15. The second-order valence-corrected chi connectivity index (χ2v) is 8.07. The van der Waals surface area contributed by atoms with Crippen molar-refractivity contribution in [2.45, 2.75) is 25.8 Å². The van der Waals surface area contributed by atoms with Crippen molar-refractivity contribution in [3.05, 3.63) is 70.5 Å². The average Bonchev–Trinajstić information content (AvgIpc) is 2.64. The summed E-state index contributed by atoms with van der Waals surface area (Å²) in [5, 5.41) is 6.36. The first kappa shape index (κ1) is 20.9. The van der Waals surface area contributed by atoms with Gasteiger partial charge in [0.25, 0.3) is 0 Å². The molecule has 0 heterocycles. The molecule has 0 aromatic heterocycles. The molecular weight excluding hydrogens is 367 g/mol. The maximum atomic E-state index is 13.3. The molecule has 0 unspecified atom stereocenters. The van der Waals surface area contributed by atoms with E-state index in [4.69, 9.17) is 0 Å². The fraction of sp³-hybridized carbons (Fsp3) is 0.316. The number of guanidine groups is 1. The van der Waals surface area contributed by atoms with Crippen LogP contribution in [-0.2, 0) is 28.9 Å². The number of rotatable bonds is 7. The van der Waals surface area contributed by atoms with Crippen molar-refractivity contribution >= 4 is 16.0 Å². The van der Waals surface area contributed by atoms with E-state index in [9.17, 15) is 12.8 Å². The molecular formula is C19H25FN4O2S. The van der Waals surface area contributed by atoms with Crippen LogP contribution in [0.2, 0.25) is 0 Å². The Morgan fingerprint density at radius 2 is 1.67 bits per heavy atom. The molecule has 3 N–H and O–H groups in total. The number of nitrogens with one attached hydrogen (secondary N) is 3. The summed E-state index contributed by atoms with van der Waals surface area (Å²) in [5.41, 5.74) is 3.22. The van der Waals surface area contributed by atoms with Crippen LogP contribution < -0.4 is 15.4 Å². The van der Waals surface area contributed by atoms with Crippen LogP contribution in [0, 0.1) is 12.7 Å². The highest BCUT2D eigenvalue weighted by molar-refractivity contribution is 7.88. The van der Waals surface area contributed by atoms with Crippen molar-refractivity contribution in [2.24, 2.45) is 4.99 Å². The van der Waals surface area contributed by atoms with Crippen molar-refractivity contribution in [3.63, 3.8) is 0 Å². The fourth-order valence-corrected chi connectivity index (χ4v) is 3.29. The van der Waals surface area contributed by atoms with Gasteiger partial charge in [0.05, 0.1) is 5.75 Å². The smallest absolute Gasteiger partial charge is 0.215 e. The number of hydrogen-bond donors (Lipinski definition) is 3. The first-order chi connectivity index (χ1) is 12.8. The summed E-state index contributed by atoms with van der Waals surface area (Å²) in [6.45, 7) is 2.74. The summed E-state index contributed by atoms with van der Waals surface area (Å²) < 4.78 is 39.0. The number of nitrogens with zero attached hydrogens (tertiary/aromatic N) is 1. The number of sulfonamides is 1. The van der Waals surface area contributed by atoms with Gasteiger partial charge >= 0.3 is 0 Å². The first-order valence-corrected chi connectivity index (χ1v) is 10.2. The fourth-order valence-electron chi connectivity index (χ4n) is 2.53. The van der Waals surface area contributed by atoms with Gasteiger partial charge in [0.2, 0.25) is 10.0 Å². The molecule has 8 heteroatoms. The number of benzene rings is 2. The predicted octanol–water partition coefficient (Wildman–Crippen LogP) is 2.05. The van der Waals surface area contributed by atoms with Crippen LogP contribution in [0.15, 0.2) is 47.5 Å². The maximum absolute atomic E-state index is 13.3. The lowest BCUT2D eigenvalue weighted by atomic mass is 10.1. The van der Waals surface area contributed by atoms with Crippen LogP contribution in [0.4, 0.5) is 4.39 Å². The van der Waals surface area contributed by atoms with E-state index >= 15 is 0 Å². The molecule has 6 nitrogen and oxygen atoms in total. The molecule has 0 bridgehead atoms. The Morgan fingerprint density at radius 1 is 1.04 bits per heavy atom. The third kappa shape index (κ3) is 6.65. The highest BCUT2D eigenvalue weighted by Gasteiger charge is 2.09. The van der Waals surface area contributed by atoms with Crippen LogP contribution >= 0.6 is 0 Å².